The molecule has 310 valence electrons. The molecule has 7 aromatic rings. The maximum atomic E-state index is 12.0. The Morgan fingerprint density at radius 1 is 0.387 bits per heavy atom. The number of ether oxygens (including phenoxy) is 2. The quantitative estimate of drug-likeness (QED) is 0.0805. The SMILES string of the molecule is C=C(C)C(=O)OCc1ccc(N(c2ccc(-c3ccc(-c4ccc(N(c5ccc(COC(=O)C(=C)C)cc5)c5ccc(C)c(C)c5)cc4)cc3)cc2)c2ccc(C)c(C)c2)cc1. The van der Waals surface area contributed by atoms with Gasteiger partial charge in [-0.3, -0.25) is 0 Å². The van der Waals surface area contributed by atoms with Gasteiger partial charge in [-0.1, -0.05) is 98.1 Å². The molecule has 7 rings (SSSR count). The Morgan fingerprint density at radius 2 is 0.645 bits per heavy atom. The molecule has 62 heavy (non-hydrogen) atoms. The number of carbonyl (C=O) groups excluding carboxylic acids is 2. The first-order valence-electron chi connectivity index (χ1n) is 20.7. The summed E-state index contributed by atoms with van der Waals surface area (Å²) >= 11 is 0. The van der Waals surface area contributed by atoms with E-state index in [9.17, 15) is 9.59 Å². The Bertz CT molecular complexity index is 2540. The van der Waals surface area contributed by atoms with Crippen molar-refractivity contribution in [1.29, 1.82) is 0 Å². The number of anilines is 6. The highest BCUT2D eigenvalue weighted by molar-refractivity contribution is 5.87. The highest BCUT2D eigenvalue weighted by Crippen LogP contribution is 2.39. The number of rotatable bonds is 14. The van der Waals surface area contributed by atoms with Gasteiger partial charge in [-0.15, -0.1) is 0 Å². The maximum absolute atomic E-state index is 12.0. The zero-order valence-corrected chi connectivity index (χ0v) is 36.4. The van der Waals surface area contributed by atoms with E-state index in [4.69, 9.17) is 9.47 Å². The second kappa shape index (κ2) is 18.9. The van der Waals surface area contributed by atoms with Crippen LogP contribution in [0.3, 0.4) is 0 Å². The lowest BCUT2D eigenvalue weighted by Gasteiger charge is -2.26. The molecule has 0 saturated heterocycles. The first-order valence-corrected chi connectivity index (χ1v) is 20.7. The van der Waals surface area contributed by atoms with E-state index in [1.165, 1.54) is 22.3 Å². The Balaban J connectivity index is 1.10. The van der Waals surface area contributed by atoms with Crippen LogP contribution in [-0.2, 0) is 32.3 Å². The lowest BCUT2D eigenvalue weighted by atomic mass is 9.99. The van der Waals surface area contributed by atoms with E-state index in [1.54, 1.807) is 13.8 Å². The standard InChI is InChI=1S/C56H52N2O4/c1-37(2)55(59)61-35-43-11-25-49(26-12-43)57(53-23-9-39(5)41(7)33-53)51-29-19-47(20-30-51)45-15-17-46(18-16-45)48-21-31-52(32-22-48)58(54-24-10-40(6)42(8)34-54)50-27-13-44(14-28-50)36-62-56(60)38(3)4/h9-34H,1,3,35-36H2,2,4-8H3. The minimum atomic E-state index is -0.395. The highest BCUT2D eigenvalue weighted by Gasteiger charge is 2.17. The normalized spacial score (nSPS) is 10.8. The van der Waals surface area contributed by atoms with E-state index in [1.807, 2.05) is 24.3 Å². The molecule has 7 aromatic carbocycles. The summed E-state index contributed by atoms with van der Waals surface area (Å²) in [6.45, 7) is 19.5. The molecule has 0 amide bonds. The third-order valence-electron chi connectivity index (χ3n) is 11.1. The van der Waals surface area contributed by atoms with E-state index in [-0.39, 0.29) is 13.2 Å². The predicted molar refractivity (Wildman–Crippen MR) is 255 cm³/mol. The lowest BCUT2D eigenvalue weighted by Crippen LogP contribution is -2.10. The fourth-order valence-corrected chi connectivity index (χ4v) is 7.11. The maximum Gasteiger partial charge on any atom is 0.333 e. The predicted octanol–water partition coefficient (Wildman–Crippen LogP) is 14.4. The minimum absolute atomic E-state index is 0.190. The third-order valence-corrected chi connectivity index (χ3v) is 11.1. The first-order chi connectivity index (χ1) is 29.8. The third kappa shape index (κ3) is 9.94. The number of carbonyl (C=O) groups is 2. The Labute approximate surface area is 366 Å². The molecule has 0 radical (unpaired) electrons. The minimum Gasteiger partial charge on any atom is -0.457 e. The van der Waals surface area contributed by atoms with Crippen LogP contribution in [0.1, 0.15) is 47.2 Å². The van der Waals surface area contributed by atoms with Crippen LogP contribution in [0.25, 0.3) is 22.3 Å². The van der Waals surface area contributed by atoms with E-state index in [2.05, 4.69) is 184 Å². The summed E-state index contributed by atoms with van der Waals surface area (Å²) in [4.78, 5) is 28.4. The van der Waals surface area contributed by atoms with Crippen LogP contribution in [0.4, 0.5) is 34.1 Å². The van der Waals surface area contributed by atoms with E-state index >= 15 is 0 Å². The highest BCUT2D eigenvalue weighted by atomic mass is 16.5. The van der Waals surface area contributed by atoms with Crippen LogP contribution >= 0.6 is 0 Å². The largest absolute Gasteiger partial charge is 0.457 e. The molecule has 0 unspecified atom stereocenters. The van der Waals surface area contributed by atoms with Crippen LogP contribution < -0.4 is 9.80 Å². The van der Waals surface area contributed by atoms with Crippen molar-refractivity contribution >= 4 is 46.1 Å². The molecule has 0 spiro atoms. The molecule has 6 heteroatoms. The smallest absolute Gasteiger partial charge is 0.333 e. The number of nitrogens with zero attached hydrogens (tertiary/aromatic N) is 2. The van der Waals surface area contributed by atoms with Crippen LogP contribution in [0.5, 0.6) is 0 Å². The summed E-state index contributed by atoms with van der Waals surface area (Å²) < 4.78 is 10.8. The van der Waals surface area contributed by atoms with Gasteiger partial charge in [-0.25, -0.2) is 9.59 Å². The molecule has 0 atom stereocenters. The van der Waals surface area contributed by atoms with Gasteiger partial charge < -0.3 is 19.3 Å². The van der Waals surface area contributed by atoms with Gasteiger partial charge in [0.15, 0.2) is 0 Å². The Kier molecular flexibility index (Phi) is 13.0. The monoisotopic (exact) mass is 816 g/mol. The molecule has 0 N–H and O–H groups in total. The number of aryl methyl sites for hydroxylation is 4. The summed E-state index contributed by atoms with van der Waals surface area (Å²) in [5, 5.41) is 0. The molecule has 0 aliphatic carbocycles. The summed E-state index contributed by atoms with van der Waals surface area (Å²) in [5.74, 6) is -0.789. The second-order valence-electron chi connectivity index (χ2n) is 15.9. The van der Waals surface area contributed by atoms with E-state index in [0.29, 0.717) is 11.1 Å². The summed E-state index contributed by atoms with van der Waals surface area (Å²) in [5.41, 5.74) is 18.2. The first kappa shape index (κ1) is 42.7. The van der Waals surface area contributed by atoms with Gasteiger partial charge in [0.05, 0.1) is 0 Å². The van der Waals surface area contributed by atoms with Crippen molar-refractivity contribution in [3.63, 3.8) is 0 Å². The average Bonchev–Trinajstić information content (AvgIpc) is 3.28. The number of benzene rings is 7. The van der Waals surface area contributed by atoms with Crippen molar-refractivity contribution in [3.05, 3.63) is 215 Å². The Morgan fingerprint density at radius 3 is 0.919 bits per heavy atom. The zero-order chi connectivity index (χ0) is 43.9. The summed E-state index contributed by atoms with van der Waals surface area (Å²) in [6, 6.07) is 55.3. The summed E-state index contributed by atoms with van der Waals surface area (Å²) in [7, 11) is 0. The molecule has 6 nitrogen and oxygen atoms in total. The van der Waals surface area contributed by atoms with Crippen LogP contribution in [0.15, 0.2) is 182 Å². The van der Waals surface area contributed by atoms with Crippen LogP contribution in [-0.4, -0.2) is 11.9 Å². The fourth-order valence-electron chi connectivity index (χ4n) is 7.11. The van der Waals surface area contributed by atoms with Crippen molar-refractivity contribution in [1.82, 2.24) is 0 Å². The molecule has 0 heterocycles. The second-order valence-corrected chi connectivity index (χ2v) is 15.9. The number of esters is 2. The summed E-state index contributed by atoms with van der Waals surface area (Å²) in [6.07, 6.45) is 0. The molecule has 0 saturated carbocycles. The average molecular weight is 817 g/mol. The fraction of sp³-hybridized carbons (Fsp3) is 0.143. The van der Waals surface area contributed by atoms with Crippen molar-refractivity contribution < 1.29 is 19.1 Å². The van der Waals surface area contributed by atoms with Crippen LogP contribution in [0.2, 0.25) is 0 Å². The molecular weight excluding hydrogens is 765 g/mol. The van der Waals surface area contributed by atoms with E-state index < -0.39 is 11.9 Å². The topological polar surface area (TPSA) is 59.1 Å². The van der Waals surface area contributed by atoms with Gasteiger partial charge in [0, 0.05) is 45.3 Å². The zero-order valence-electron chi connectivity index (χ0n) is 36.4. The van der Waals surface area contributed by atoms with Gasteiger partial charge in [-0.2, -0.15) is 0 Å². The molecule has 0 aliphatic heterocycles. The van der Waals surface area contributed by atoms with Crippen molar-refractivity contribution in [2.45, 2.75) is 54.8 Å². The van der Waals surface area contributed by atoms with E-state index in [0.717, 1.165) is 67.5 Å². The van der Waals surface area contributed by atoms with Gasteiger partial charge in [-0.05, 0) is 170 Å². The van der Waals surface area contributed by atoms with Gasteiger partial charge in [0.2, 0.25) is 0 Å². The van der Waals surface area contributed by atoms with Crippen LogP contribution in [0, 0.1) is 27.7 Å². The van der Waals surface area contributed by atoms with Gasteiger partial charge in [0.1, 0.15) is 13.2 Å². The molecular formula is C56H52N2O4. The van der Waals surface area contributed by atoms with Gasteiger partial charge >= 0.3 is 11.9 Å². The Hall–Kier alpha value is -7.44. The number of hydrogen-bond donors (Lipinski definition) is 0. The number of hydrogen-bond acceptors (Lipinski definition) is 6. The lowest BCUT2D eigenvalue weighted by molar-refractivity contribution is -0.141. The molecule has 0 aromatic heterocycles. The molecule has 0 fully saturated rings. The van der Waals surface area contributed by atoms with Crippen molar-refractivity contribution in [2.75, 3.05) is 9.80 Å². The van der Waals surface area contributed by atoms with Crippen molar-refractivity contribution in [3.8, 4) is 22.3 Å². The molecule has 0 bridgehead atoms. The van der Waals surface area contributed by atoms with Gasteiger partial charge in [0.25, 0.3) is 0 Å². The van der Waals surface area contributed by atoms with Crippen molar-refractivity contribution in [2.24, 2.45) is 0 Å². The molecule has 0 aliphatic rings.